The van der Waals surface area contributed by atoms with E-state index in [1.54, 1.807) is 7.11 Å². The molecule has 170 valence electrons. The molecule has 0 radical (unpaired) electrons. The molecule has 2 heterocycles. The Balaban J connectivity index is 1.58. The van der Waals surface area contributed by atoms with Gasteiger partial charge in [0.1, 0.15) is 16.8 Å². The summed E-state index contributed by atoms with van der Waals surface area (Å²) in [5.41, 5.74) is 7.08. The van der Waals surface area contributed by atoms with Crippen LogP contribution in [0.1, 0.15) is 16.1 Å². The van der Waals surface area contributed by atoms with Crippen molar-refractivity contribution in [1.82, 2.24) is 14.8 Å². The second-order valence-corrected chi connectivity index (χ2v) is 8.87. The van der Waals surface area contributed by atoms with Gasteiger partial charge in [-0.15, -0.1) is 11.3 Å². The number of nitrogens with zero attached hydrogens (tertiary/aromatic N) is 4. The fourth-order valence-corrected chi connectivity index (χ4v) is 4.53. The Hall–Kier alpha value is -4.47. The minimum absolute atomic E-state index is 0.496. The number of methoxy groups -OCH3 is 1. The Morgan fingerprint density at radius 2 is 1.69 bits per heavy atom. The summed E-state index contributed by atoms with van der Waals surface area (Å²) in [4.78, 5) is 4.75. The third-order valence-electron chi connectivity index (χ3n) is 5.63. The van der Waals surface area contributed by atoms with Gasteiger partial charge in [0.05, 0.1) is 29.8 Å². The number of thiazole rings is 1. The van der Waals surface area contributed by atoms with Crippen molar-refractivity contribution in [2.24, 2.45) is 0 Å². The molecule has 0 saturated carbocycles. The van der Waals surface area contributed by atoms with E-state index in [0.717, 1.165) is 39.5 Å². The number of allylic oxidation sites excluding steroid dienone is 1. The number of ether oxygens (including phenoxy) is 1. The average Bonchev–Trinajstić information content (AvgIpc) is 3.56. The number of hydrogen-bond acceptors (Lipinski definition) is 5. The van der Waals surface area contributed by atoms with Crippen LogP contribution in [0, 0.1) is 18.3 Å². The number of nitriles is 1. The van der Waals surface area contributed by atoms with E-state index in [0.29, 0.717) is 10.6 Å². The van der Waals surface area contributed by atoms with Crippen molar-refractivity contribution >= 4 is 23.0 Å². The summed E-state index contributed by atoms with van der Waals surface area (Å²) in [5, 5.41) is 17.5. The average molecular weight is 475 g/mol. The first kappa shape index (κ1) is 22.3. The molecule has 6 heteroatoms. The Bertz CT molecular complexity index is 1520. The Morgan fingerprint density at radius 1 is 0.971 bits per heavy atom. The smallest absolute Gasteiger partial charge is 0.134 e. The third-order valence-corrected chi connectivity index (χ3v) is 6.50. The molecule has 2 aromatic heterocycles. The summed E-state index contributed by atoms with van der Waals surface area (Å²) < 4.78 is 7.14. The van der Waals surface area contributed by atoms with Crippen LogP contribution in [0.15, 0.2) is 90.4 Å². The molecule has 5 nitrogen and oxygen atoms in total. The number of rotatable bonds is 6. The molecule has 0 atom stereocenters. The van der Waals surface area contributed by atoms with E-state index in [9.17, 15) is 5.26 Å². The lowest BCUT2D eigenvalue weighted by molar-refractivity contribution is 0.415. The van der Waals surface area contributed by atoms with Gasteiger partial charge < -0.3 is 4.74 Å². The highest BCUT2D eigenvalue weighted by atomic mass is 32.1. The number of aromatic nitrogens is 3. The van der Waals surface area contributed by atoms with Gasteiger partial charge in [-0.2, -0.15) is 10.4 Å². The van der Waals surface area contributed by atoms with Crippen LogP contribution in [0.25, 0.3) is 39.9 Å². The molecule has 35 heavy (non-hydrogen) atoms. The Kier molecular flexibility index (Phi) is 6.25. The molecule has 0 aliphatic carbocycles. The molecule has 3 aromatic carbocycles. The zero-order valence-corrected chi connectivity index (χ0v) is 20.2. The predicted octanol–water partition coefficient (Wildman–Crippen LogP) is 7.04. The van der Waals surface area contributed by atoms with Crippen LogP contribution in [0.5, 0.6) is 5.75 Å². The number of benzene rings is 3. The highest BCUT2D eigenvalue weighted by Gasteiger charge is 2.15. The highest BCUT2D eigenvalue weighted by molar-refractivity contribution is 7.11. The molecule has 5 rings (SSSR count). The summed E-state index contributed by atoms with van der Waals surface area (Å²) >= 11 is 1.46. The molecule has 0 aliphatic heterocycles. The lowest BCUT2D eigenvalue weighted by atomic mass is 10.1. The van der Waals surface area contributed by atoms with E-state index in [4.69, 9.17) is 14.8 Å². The summed E-state index contributed by atoms with van der Waals surface area (Å²) in [5.74, 6) is 0.775. The fraction of sp³-hybridized carbons (Fsp3) is 0.0690. The van der Waals surface area contributed by atoms with Crippen LogP contribution < -0.4 is 4.74 Å². The van der Waals surface area contributed by atoms with Crippen molar-refractivity contribution in [3.05, 3.63) is 107 Å². The monoisotopic (exact) mass is 474 g/mol. The van der Waals surface area contributed by atoms with Crippen molar-refractivity contribution in [2.45, 2.75) is 6.92 Å². The van der Waals surface area contributed by atoms with Crippen LogP contribution in [-0.4, -0.2) is 21.9 Å². The quantitative estimate of drug-likeness (QED) is 0.248. The van der Waals surface area contributed by atoms with E-state index in [-0.39, 0.29) is 0 Å². The number of hydrogen-bond donors (Lipinski definition) is 0. The predicted molar refractivity (Wildman–Crippen MR) is 141 cm³/mol. The molecular weight excluding hydrogens is 452 g/mol. The lowest BCUT2D eigenvalue weighted by Crippen LogP contribution is -1.94. The highest BCUT2D eigenvalue weighted by Crippen LogP contribution is 2.31. The van der Waals surface area contributed by atoms with Gasteiger partial charge in [-0.05, 0) is 49.4 Å². The number of aryl methyl sites for hydroxylation is 1. The van der Waals surface area contributed by atoms with Gasteiger partial charge in [0.15, 0.2) is 0 Å². The van der Waals surface area contributed by atoms with Crippen molar-refractivity contribution in [2.75, 3.05) is 7.11 Å². The molecule has 0 bridgehead atoms. The largest absolute Gasteiger partial charge is 0.497 e. The summed E-state index contributed by atoms with van der Waals surface area (Å²) in [7, 11) is 1.64. The maximum absolute atomic E-state index is 10.0. The van der Waals surface area contributed by atoms with Gasteiger partial charge in [0, 0.05) is 28.3 Å². The van der Waals surface area contributed by atoms with Gasteiger partial charge in [0.2, 0.25) is 0 Å². The summed E-state index contributed by atoms with van der Waals surface area (Å²) in [6, 6.07) is 28.2. The van der Waals surface area contributed by atoms with E-state index in [1.165, 1.54) is 16.9 Å². The molecule has 0 aliphatic rings. The van der Waals surface area contributed by atoms with E-state index >= 15 is 0 Å². The van der Waals surface area contributed by atoms with Gasteiger partial charge in [-0.25, -0.2) is 9.67 Å². The standard InChI is InChI=1S/C29H22N4OS/c1-20-8-10-21(11-9-20)27-19-35-29(31-27)23(17-30)16-24-18-33(25-6-4-3-5-7-25)32-28(24)22-12-14-26(34-2)15-13-22/h3-16,18-19H,1-2H3/b23-16+. The third kappa shape index (κ3) is 4.77. The van der Waals surface area contributed by atoms with Crippen molar-refractivity contribution in [1.29, 1.82) is 5.26 Å². The molecular formula is C29H22N4OS. The second kappa shape index (κ2) is 9.80. The number of para-hydroxylation sites is 1. The van der Waals surface area contributed by atoms with Crippen molar-refractivity contribution < 1.29 is 4.74 Å². The second-order valence-electron chi connectivity index (χ2n) is 8.02. The maximum Gasteiger partial charge on any atom is 0.134 e. The van der Waals surface area contributed by atoms with Crippen LogP contribution in [0.2, 0.25) is 0 Å². The first-order valence-electron chi connectivity index (χ1n) is 11.1. The van der Waals surface area contributed by atoms with Gasteiger partial charge in [-0.1, -0.05) is 48.0 Å². The lowest BCUT2D eigenvalue weighted by Gasteiger charge is -2.03. The summed E-state index contributed by atoms with van der Waals surface area (Å²) in [6.45, 7) is 2.06. The van der Waals surface area contributed by atoms with Crippen LogP contribution in [-0.2, 0) is 0 Å². The normalized spacial score (nSPS) is 11.3. The van der Waals surface area contributed by atoms with E-state index in [1.807, 2.05) is 76.9 Å². The molecule has 0 saturated heterocycles. The molecule has 5 aromatic rings. The van der Waals surface area contributed by atoms with Gasteiger partial charge >= 0.3 is 0 Å². The summed E-state index contributed by atoms with van der Waals surface area (Å²) in [6.07, 6.45) is 3.81. The van der Waals surface area contributed by atoms with E-state index < -0.39 is 0 Å². The topological polar surface area (TPSA) is 63.7 Å². The van der Waals surface area contributed by atoms with Gasteiger partial charge in [-0.3, -0.25) is 0 Å². The minimum Gasteiger partial charge on any atom is -0.497 e. The van der Waals surface area contributed by atoms with Crippen LogP contribution >= 0.6 is 11.3 Å². The Labute approximate surface area is 208 Å². The zero-order chi connectivity index (χ0) is 24.2. The van der Waals surface area contributed by atoms with Crippen LogP contribution in [0.3, 0.4) is 0 Å². The molecule has 0 amide bonds. The fourth-order valence-electron chi connectivity index (χ4n) is 3.73. The minimum atomic E-state index is 0.496. The molecule has 0 unspecified atom stereocenters. The van der Waals surface area contributed by atoms with Crippen LogP contribution in [0.4, 0.5) is 0 Å². The van der Waals surface area contributed by atoms with Crippen molar-refractivity contribution in [3.63, 3.8) is 0 Å². The van der Waals surface area contributed by atoms with Crippen molar-refractivity contribution in [3.8, 4) is 40.0 Å². The molecule has 0 fully saturated rings. The molecule has 0 spiro atoms. The van der Waals surface area contributed by atoms with Gasteiger partial charge in [0.25, 0.3) is 0 Å². The Morgan fingerprint density at radius 3 is 2.37 bits per heavy atom. The SMILES string of the molecule is COc1ccc(-c2nn(-c3ccccc3)cc2/C=C(\C#N)c2nc(-c3ccc(C)cc3)cs2)cc1. The first-order chi connectivity index (χ1) is 17.1. The zero-order valence-electron chi connectivity index (χ0n) is 19.3. The first-order valence-corrected chi connectivity index (χ1v) is 12.0. The molecule has 0 N–H and O–H groups in total. The van der Waals surface area contributed by atoms with E-state index in [2.05, 4.69) is 37.3 Å². The maximum atomic E-state index is 10.0.